The van der Waals surface area contributed by atoms with Crippen molar-refractivity contribution in [3.05, 3.63) is 35.9 Å². The molecule has 3 heteroatoms. The standard InChI is InChI=1S/C17H24N2O/c1-19-11-15(13-7-3-2-4-8-13)16(12-19)17(20)18-14-9-5-6-10-14/h2-4,7-8,14-16H,5-6,9-12H2,1H3,(H,18,20)/t15-,16-/m1/s1. The van der Waals surface area contributed by atoms with Crippen LogP contribution in [0.15, 0.2) is 30.3 Å². The summed E-state index contributed by atoms with van der Waals surface area (Å²) in [6.45, 7) is 1.85. The van der Waals surface area contributed by atoms with E-state index in [1.165, 1.54) is 18.4 Å². The average Bonchev–Trinajstić information content (AvgIpc) is 3.09. The molecule has 1 aliphatic heterocycles. The number of hydrogen-bond donors (Lipinski definition) is 1. The number of carbonyl (C=O) groups is 1. The second kappa shape index (κ2) is 5.96. The Morgan fingerprint density at radius 1 is 1.15 bits per heavy atom. The summed E-state index contributed by atoms with van der Waals surface area (Å²) in [6, 6.07) is 10.9. The molecule has 0 spiro atoms. The van der Waals surface area contributed by atoms with Gasteiger partial charge in [-0.05, 0) is 25.5 Å². The number of nitrogens with zero attached hydrogens (tertiary/aromatic N) is 1. The second-order valence-corrected chi connectivity index (χ2v) is 6.33. The van der Waals surface area contributed by atoms with Crippen molar-refractivity contribution < 1.29 is 4.79 Å². The lowest BCUT2D eigenvalue weighted by molar-refractivity contribution is -0.125. The highest BCUT2D eigenvalue weighted by Crippen LogP contribution is 2.32. The van der Waals surface area contributed by atoms with Crippen LogP contribution in [0.3, 0.4) is 0 Å². The van der Waals surface area contributed by atoms with Crippen LogP contribution in [0.4, 0.5) is 0 Å². The van der Waals surface area contributed by atoms with Crippen molar-refractivity contribution in [3.8, 4) is 0 Å². The molecule has 1 aromatic carbocycles. The molecule has 20 heavy (non-hydrogen) atoms. The van der Waals surface area contributed by atoms with Gasteiger partial charge in [-0.15, -0.1) is 0 Å². The van der Waals surface area contributed by atoms with E-state index in [0.717, 1.165) is 25.9 Å². The second-order valence-electron chi connectivity index (χ2n) is 6.33. The van der Waals surface area contributed by atoms with Crippen LogP contribution in [0.25, 0.3) is 0 Å². The van der Waals surface area contributed by atoms with Gasteiger partial charge in [-0.1, -0.05) is 43.2 Å². The minimum Gasteiger partial charge on any atom is -0.353 e. The van der Waals surface area contributed by atoms with Gasteiger partial charge in [0.2, 0.25) is 5.91 Å². The van der Waals surface area contributed by atoms with E-state index in [1.54, 1.807) is 0 Å². The van der Waals surface area contributed by atoms with Gasteiger partial charge in [0.05, 0.1) is 5.92 Å². The summed E-state index contributed by atoms with van der Waals surface area (Å²) >= 11 is 0. The van der Waals surface area contributed by atoms with Gasteiger partial charge >= 0.3 is 0 Å². The lowest BCUT2D eigenvalue weighted by atomic mass is 9.88. The highest BCUT2D eigenvalue weighted by Gasteiger charge is 2.37. The van der Waals surface area contributed by atoms with Gasteiger partial charge in [0.1, 0.15) is 0 Å². The van der Waals surface area contributed by atoms with Crippen molar-refractivity contribution in [3.63, 3.8) is 0 Å². The molecule has 1 saturated heterocycles. The molecule has 2 atom stereocenters. The van der Waals surface area contributed by atoms with Crippen LogP contribution in [0.5, 0.6) is 0 Å². The molecule has 1 aromatic rings. The maximum absolute atomic E-state index is 12.6. The summed E-state index contributed by atoms with van der Waals surface area (Å²) in [4.78, 5) is 14.9. The third-order valence-electron chi connectivity index (χ3n) is 4.77. The third kappa shape index (κ3) is 2.88. The van der Waals surface area contributed by atoms with E-state index in [9.17, 15) is 4.79 Å². The Hall–Kier alpha value is -1.35. The van der Waals surface area contributed by atoms with Gasteiger partial charge < -0.3 is 10.2 Å². The van der Waals surface area contributed by atoms with Crippen LogP contribution >= 0.6 is 0 Å². The predicted octanol–water partition coefficient (Wildman–Crippen LogP) is 2.39. The van der Waals surface area contributed by atoms with Crippen LogP contribution in [-0.2, 0) is 4.79 Å². The van der Waals surface area contributed by atoms with Gasteiger partial charge in [-0.3, -0.25) is 4.79 Å². The van der Waals surface area contributed by atoms with Crippen molar-refractivity contribution >= 4 is 5.91 Å². The molecule has 2 aliphatic rings. The fourth-order valence-corrected chi connectivity index (χ4v) is 3.68. The first-order valence-corrected chi connectivity index (χ1v) is 7.78. The molecular weight excluding hydrogens is 248 g/mol. The summed E-state index contributed by atoms with van der Waals surface area (Å²) in [7, 11) is 2.11. The molecule has 108 valence electrons. The Morgan fingerprint density at radius 2 is 1.85 bits per heavy atom. The third-order valence-corrected chi connectivity index (χ3v) is 4.77. The first kappa shape index (κ1) is 13.6. The van der Waals surface area contributed by atoms with Gasteiger partial charge in [-0.25, -0.2) is 0 Å². The van der Waals surface area contributed by atoms with Gasteiger partial charge in [0.15, 0.2) is 0 Å². The molecule has 1 saturated carbocycles. The number of likely N-dealkylation sites (N-methyl/N-ethyl adjacent to an activating group) is 1. The molecule has 1 heterocycles. The van der Waals surface area contributed by atoms with E-state index in [0.29, 0.717) is 12.0 Å². The molecule has 0 unspecified atom stereocenters. The minimum atomic E-state index is 0.100. The molecule has 1 N–H and O–H groups in total. The van der Waals surface area contributed by atoms with Gasteiger partial charge in [0.25, 0.3) is 0 Å². The van der Waals surface area contributed by atoms with E-state index >= 15 is 0 Å². The number of rotatable bonds is 3. The zero-order valence-electron chi connectivity index (χ0n) is 12.2. The number of amides is 1. The molecule has 2 fully saturated rings. The molecule has 3 rings (SSSR count). The first-order chi connectivity index (χ1) is 9.74. The summed E-state index contributed by atoms with van der Waals surface area (Å²) < 4.78 is 0. The quantitative estimate of drug-likeness (QED) is 0.916. The van der Waals surface area contributed by atoms with Crippen LogP contribution in [0.2, 0.25) is 0 Å². The zero-order chi connectivity index (χ0) is 13.9. The Balaban J connectivity index is 1.71. The maximum atomic E-state index is 12.6. The largest absolute Gasteiger partial charge is 0.353 e. The summed E-state index contributed by atoms with van der Waals surface area (Å²) in [5.41, 5.74) is 1.29. The van der Waals surface area contributed by atoms with E-state index < -0.39 is 0 Å². The Bertz CT molecular complexity index is 453. The molecule has 1 amide bonds. The highest BCUT2D eigenvalue weighted by molar-refractivity contribution is 5.80. The van der Waals surface area contributed by atoms with Crippen molar-refractivity contribution in [2.45, 2.75) is 37.6 Å². The van der Waals surface area contributed by atoms with Crippen LogP contribution in [-0.4, -0.2) is 37.0 Å². The zero-order valence-corrected chi connectivity index (χ0v) is 12.2. The lowest BCUT2D eigenvalue weighted by Crippen LogP contribution is -2.39. The molecule has 0 radical (unpaired) electrons. The topological polar surface area (TPSA) is 32.3 Å². The molecule has 1 aliphatic carbocycles. The van der Waals surface area contributed by atoms with Crippen molar-refractivity contribution in [2.75, 3.05) is 20.1 Å². The van der Waals surface area contributed by atoms with Gasteiger partial charge in [0, 0.05) is 25.0 Å². The molecule has 3 nitrogen and oxygen atoms in total. The summed E-state index contributed by atoms with van der Waals surface area (Å²) in [5, 5.41) is 3.28. The van der Waals surface area contributed by atoms with Crippen LogP contribution in [0.1, 0.15) is 37.2 Å². The van der Waals surface area contributed by atoms with Crippen LogP contribution < -0.4 is 5.32 Å². The Labute approximate surface area is 121 Å². The highest BCUT2D eigenvalue weighted by atomic mass is 16.2. The van der Waals surface area contributed by atoms with E-state index in [4.69, 9.17) is 0 Å². The van der Waals surface area contributed by atoms with Crippen molar-refractivity contribution in [1.29, 1.82) is 0 Å². The first-order valence-electron chi connectivity index (χ1n) is 7.78. The number of carbonyl (C=O) groups excluding carboxylic acids is 1. The fraction of sp³-hybridized carbons (Fsp3) is 0.588. The van der Waals surface area contributed by atoms with Crippen LogP contribution in [0, 0.1) is 5.92 Å². The van der Waals surface area contributed by atoms with Gasteiger partial charge in [-0.2, -0.15) is 0 Å². The van der Waals surface area contributed by atoms with Crippen molar-refractivity contribution in [1.82, 2.24) is 10.2 Å². The molecule has 0 aromatic heterocycles. The Morgan fingerprint density at radius 3 is 2.55 bits per heavy atom. The maximum Gasteiger partial charge on any atom is 0.225 e. The fourth-order valence-electron chi connectivity index (χ4n) is 3.68. The number of hydrogen-bond acceptors (Lipinski definition) is 2. The Kier molecular flexibility index (Phi) is 4.06. The van der Waals surface area contributed by atoms with E-state index in [2.05, 4.69) is 41.5 Å². The van der Waals surface area contributed by atoms with E-state index in [1.807, 2.05) is 6.07 Å². The molecular formula is C17H24N2O. The van der Waals surface area contributed by atoms with Crippen molar-refractivity contribution in [2.24, 2.45) is 5.92 Å². The monoisotopic (exact) mass is 272 g/mol. The predicted molar refractivity (Wildman–Crippen MR) is 80.6 cm³/mol. The minimum absolute atomic E-state index is 0.100. The number of nitrogens with one attached hydrogen (secondary N) is 1. The number of likely N-dealkylation sites (tertiary alicyclic amines) is 1. The lowest BCUT2D eigenvalue weighted by Gasteiger charge is -2.21. The number of benzene rings is 1. The normalized spacial score (nSPS) is 27.9. The average molecular weight is 272 g/mol. The summed E-state index contributed by atoms with van der Waals surface area (Å²) in [5.74, 6) is 0.695. The van der Waals surface area contributed by atoms with E-state index in [-0.39, 0.29) is 11.8 Å². The SMILES string of the molecule is CN1C[C@H](c2ccccc2)[C@H](C(=O)NC2CCCC2)C1. The molecule has 0 bridgehead atoms. The smallest absolute Gasteiger partial charge is 0.225 e. The summed E-state index contributed by atoms with van der Waals surface area (Å²) in [6.07, 6.45) is 4.84.